The van der Waals surface area contributed by atoms with Gasteiger partial charge in [0.1, 0.15) is 0 Å². The first-order valence-corrected chi connectivity index (χ1v) is 21.0. The van der Waals surface area contributed by atoms with Crippen molar-refractivity contribution in [1.82, 2.24) is 0 Å². The predicted molar refractivity (Wildman–Crippen MR) is 175 cm³/mol. The van der Waals surface area contributed by atoms with Crippen molar-refractivity contribution >= 4 is 94.1 Å². The Balaban J connectivity index is 2.70. The van der Waals surface area contributed by atoms with E-state index in [1.165, 1.54) is 70.4 Å². The molecule has 0 amide bonds. The Kier molecular flexibility index (Phi) is 22.4. The van der Waals surface area contributed by atoms with Crippen LogP contribution in [0.25, 0.3) is 0 Å². The van der Waals surface area contributed by atoms with Crippen LogP contribution >= 0.6 is 94.1 Å². The monoisotopic (exact) mass is 592 g/mol. The Morgan fingerprint density at radius 3 is 1.31 bits per heavy atom. The molecule has 0 aliphatic carbocycles. The zero-order valence-electron chi connectivity index (χ0n) is 21.2. The van der Waals surface area contributed by atoms with E-state index >= 15 is 0 Å². The lowest BCUT2D eigenvalue weighted by Crippen LogP contribution is -2.32. The highest BCUT2D eigenvalue weighted by Gasteiger charge is 2.30. The molecular formula is C24H48S8. The van der Waals surface area contributed by atoms with Gasteiger partial charge in [0.15, 0.2) is 0 Å². The largest absolute Gasteiger partial charge is 0.161 e. The van der Waals surface area contributed by atoms with Crippen LogP contribution in [-0.2, 0) is 0 Å². The molecule has 1 rings (SSSR count). The minimum atomic E-state index is 0.766. The Bertz CT molecular complexity index is 387. The maximum Gasteiger partial charge on any atom is 0.0282 e. The van der Waals surface area contributed by atoms with Gasteiger partial charge in [0.05, 0.1) is 0 Å². The van der Waals surface area contributed by atoms with E-state index in [4.69, 9.17) is 0 Å². The van der Waals surface area contributed by atoms with Gasteiger partial charge in [-0.15, -0.1) is 0 Å². The summed E-state index contributed by atoms with van der Waals surface area (Å²) < 4.78 is 0. The quantitative estimate of drug-likeness (QED) is 0.181. The van der Waals surface area contributed by atoms with Gasteiger partial charge in [-0.1, -0.05) is 41.5 Å². The number of rotatable bonds is 14. The van der Waals surface area contributed by atoms with E-state index in [0.717, 1.165) is 31.5 Å². The molecule has 0 aromatic heterocycles. The standard InChI is InChI=1S/C24H48S8/c1-7-21(29-13-11-25-9-3)23-19(5)27-15-16-28-20(6)24(32-18-17-31-23)22(8-2)30-14-12-26-10-4/h19-24H,7-18H2,1-6H3/t19-,20-,21-,22+,23+,24+/m1/s1. The SMILES string of the molecule is CCSCCS[C@@H](CC)[C@H]1SCCS[C@H]([C@@H](CC)SCCSCC)[C@@H](C)SCCS[C@@H]1C. The Hall–Kier alpha value is 2.80. The summed E-state index contributed by atoms with van der Waals surface area (Å²) >= 11 is 17.8. The highest BCUT2D eigenvalue weighted by molar-refractivity contribution is 8.09. The summed E-state index contributed by atoms with van der Waals surface area (Å²) in [7, 11) is 0. The molecule has 0 aromatic rings. The zero-order chi connectivity index (χ0) is 23.6. The molecule has 1 fully saturated rings. The van der Waals surface area contributed by atoms with Crippen molar-refractivity contribution in [3.63, 3.8) is 0 Å². The molecule has 1 aliphatic rings. The maximum atomic E-state index is 2.51. The fourth-order valence-electron chi connectivity index (χ4n) is 3.81. The number of thioether (sulfide) groups is 8. The molecule has 8 heteroatoms. The van der Waals surface area contributed by atoms with E-state index in [0.29, 0.717) is 0 Å². The predicted octanol–water partition coefficient (Wildman–Crippen LogP) is 8.98. The second kappa shape index (κ2) is 21.8. The van der Waals surface area contributed by atoms with Crippen LogP contribution in [0, 0.1) is 0 Å². The van der Waals surface area contributed by atoms with Gasteiger partial charge in [0.25, 0.3) is 0 Å². The molecule has 1 heterocycles. The van der Waals surface area contributed by atoms with Crippen LogP contribution in [0.1, 0.15) is 54.4 Å². The topological polar surface area (TPSA) is 0 Å². The van der Waals surface area contributed by atoms with E-state index in [2.05, 4.69) is 136 Å². The smallest absolute Gasteiger partial charge is 0.0282 e. The highest BCUT2D eigenvalue weighted by Crippen LogP contribution is 2.39. The maximum absolute atomic E-state index is 2.51. The van der Waals surface area contributed by atoms with E-state index < -0.39 is 0 Å². The van der Waals surface area contributed by atoms with Crippen molar-refractivity contribution in [2.45, 2.75) is 85.9 Å². The van der Waals surface area contributed by atoms with Gasteiger partial charge >= 0.3 is 0 Å². The first-order chi connectivity index (χ1) is 15.6. The van der Waals surface area contributed by atoms with Crippen LogP contribution in [0.4, 0.5) is 0 Å². The minimum Gasteiger partial charge on any atom is -0.161 e. The molecule has 0 spiro atoms. The zero-order valence-corrected chi connectivity index (χ0v) is 27.7. The lowest BCUT2D eigenvalue weighted by molar-refractivity contribution is 0.745. The highest BCUT2D eigenvalue weighted by atomic mass is 32.2. The van der Waals surface area contributed by atoms with Gasteiger partial charge in [-0.3, -0.25) is 0 Å². The van der Waals surface area contributed by atoms with E-state index in [1.54, 1.807) is 0 Å². The first kappa shape index (κ1) is 32.8. The lowest BCUT2D eigenvalue weighted by Gasteiger charge is -2.33. The molecule has 0 aromatic carbocycles. The van der Waals surface area contributed by atoms with Gasteiger partial charge in [0.2, 0.25) is 0 Å². The van der Waals surface area contributed by atoms with Crippen molar-refractivity contribution in [2.24, 2.45) is 0 Å². The van der Waals surface area contributed by atoms with Gasteiger partial charge < -0.3 is 0 Å². The summed E-state index contributed by atoms with van der Waals surface area (Å²) in [5, 5.41) is 4.75. The summed E-state index contributed by atoms with van der Waals surface area (Å²) in [6, 6.07) is 0. The van der Waals surface area contributed by atoms with Crippen LogP contribution < -0.4 is 0 Å². The summed E-state index contributed by atoms with van der Waals surface area (Å²) in [5.74, 6) is 13.1. The molecule has 1 aliphatic heterocycles. The van der Waals surface area contributed by atoms with Crippen LogP contribution in [0.2, 0.25) is 0 Å². The molecule has 1 saturated heterocycles. The van der Waals surface area contributed by atoms with Crippen LogP contribution in [0.5, 0.6) is 0 Å². The molecule has 32 heavy (non-hydrogen) atoms. The molecule has 0 unspecified atom stereocenters. The summed E-state index contributed by atoms with van der Waals surface area (Å²) in [6.45, 7) is 14.4. The Labute approximate surface area is 235 Å². The molecule has 0 bridgehead atoms. The van der Waals surface area contributed by atoms with Crippen LogP contribution in [-0.4, -0.2) is 89.0 Å². The summed E-state index contributed by atoms with van der Waals surface area (Å²) in [6.07, 6.45) is 2.63. The van der Waals surface area contributed by atoms with Gasteiger partial charge in [-0.05, 0) is 24.3 Å². The molecule has 0 N–H and O–H groups in total. The van der Waals surface area contributed by atoms with Crippen molar-refractivity contribution in [3.05, 3.63) is 0 Å². The second-order valence-corrected chi connectivity index (χ2v) is 18.9. The third-order valence-corrected chi connectivity index (χ3v) is 17.7. The molecule has 0 radical (unpaired) electrons. The van der Waals surface area contributed by atoms with E-state index in [1.807, 2.05) is 0 Å². The second-order valence-electron chi connectivity index (χ2n) is 7.85. The van der Waals surface area contributed by atoms with Crippen LogP contribution in [0.15, 0.2) is 0 Å². The van der Waals surface area contributed by atoms with Crippen molar-refractivity contribution in [3.8, 4) is 0 Å². The van der Waals surface area contributed by atoms with Crippen molar-refractivity contribution in [2.75, 3.05) is 57.5 Å². The molecule has 0 nitrogen and oxygen atoms in total. The average Bonchev–Trinajstić information content (AvgIpc) is 2.79. The third kappa shape index (κ3) is 13.9. The van der Waals surface area contributed by atoms with Gasteiger partial charge in [-0.2, -0.15) is 94.1 Å². The Morgan fingerprint density at radius 1 is 0.594 bits per heavy atom. The molecule has 192 valence electrons. The fourth-order valence-corrected chi connectivity index (χ4v) is 15.1. The first-order valence-electron chi connectivity index (χ1n) is 12.4. The normalized spacial score (nSPS) is 27.9. The number of hydrogen-bond acceptors (Lipinski definition) is 8. The fraction of sp³-hybridized carbons (Fsp3) is 1.00. The average molecular weight is 593 g/mol. The van der Waals surface area contributed by atoms with E-state index in [-0.39, 0.29) is 0 Å². The van der Waals surface area contributed by atoms with Crippen molar-refractivity contribution < 1.29 is 0 Å². The van der Waals surface area contributed by atoms with Crippen molar-refractivity contribution in [1.29, 1.82) is 0 Å². The Morgan fingerprint density at radius 2 is 0.969 bits per heavy atom. The summed E-state index contributed by atoms with van der Waals surface area (Å²) in [5.41, 5.74) is 0. The third-order valence-electron chi connectivity index (χ3n) is 5.54. The van der Waals surface area contributed by atoms with Crippen LogP contribution in [0.3, 0.4) is 0 Å². The molecule has 0 saturated carbocycles. The molecular weight excluding hydrogens is 545 g/mol. The number of hydrogen-bond donors (Lipinski definition) is 0. The van der Waals surface area contributed by atoms with Gasteiger partial charge in [-0.25, -0.2) is 0 Å². The summed E-state index contributed by atoms with van der Waals surface area (Å²) in [4.78, 5) is 0. The van der Waals surface area contributed by atoms with E-state index in [9.17, 15) is 0 Å². The van der Waals surface area contributed by atoms with Gasteiger partial charge in [0, 0.05) is 77.5 Å². The molecule has 6 atom stereocenters. The minimum absolute atomic E-state index is 0.766. The lowest BCUT2D eigenvalue weighted by atomic mass is 10.2.